The van der Waals surface area contributed by atoms with Gasteiger partial charge < -0.3 is 0 Å². The largest absolute Gasteiger partial charge is 0.263 e. The minimum atomic E-state index is 0.466. The molecule has 0 aromatic carbocycles. The van der Waals surface area contributed by atoms with Gasteiger partial charge in [-0.05, 0) is 23.0 Å². The zero-order chi connectivity index (χ0) is 10.0. The van der Waals surface area contributed by atoms with Crippen LogP contribution in [0.2, 0.25) is 5.02 Å². The Morgan fingerprint density at radius 2 is 1.69 bits per heavy atom. The van der Waals surface area contributed by atoms with E-state index in [2.05, 4.69) is 32.7 Å². The molecule has 0 aliphatic rings. The van der Waals surface area contributed by atoms with Crippen molar-refractivity contribution in [2.75, 3.05) is 0 Å². The van der Waals surface area contributed by atoms with Crippen molar-refractivity contribution in [3.63, 3.8) is 0 Å². The predicted molar refractivity (Wildman–Crippen MR) is 57.4 cm³/mol. The summed E-state index contributed by atoms with van der Waals surface area (Å²) >= 11 is 6.11. The summed E-state index contributed by atoms with van der Waals surface area (Å²) < 4.78 is 0. The van der Waals surface area contributed by atoms with E-state index in [1.165, 1.54) is 11.1 Å². The van der Waals surface area contributed by atoms with Gasteiger partial charge in [0.2, 0.25) is 0 Å². The van der Waals surface area contributed by atoms with E-state index in [9.17, 15) is 0 Å². The van der Waals surface area contributed by atoms with Crippen LogP contribution in [0, 0.1) is 0 Å². The van der Waals surface area contributed by atoms with E-state index >= 15 is 0 Å². The van der Waals surface area contributed by atoms with Crippen LogP contribution < -0.4 is 0 Å². The molecule has 0 saturated heterocycles. The van der Waals surface area contributed by atoms with Crippen molar-refractivity contribution in [3.05, 3.63) is 28.5 Å². The number of rotatable bonds is 2. The van der Waals surface area contributed by atoms with Crippen molar-refractivity contribution >= 4 is 11.6 Å². The van der Waals surface area contributed by atoms with Gasteiger partial charge in [-0.1, -0.05) is 39.3 Å². The van der Waals surface area contributed by atoms with Crippen LogP contribution in [0.25, 0.3) is 0 Å². The molecule has 1 aromatic heterocycles. The molecule has 0 unspecified atom stereocenters. The van der Waals surface area contributed by atoms with Crippen molar-refractivity contribution in [2.45, 2.75) is 39.5 Å². The van der Waals surface area contributed by atoms with Crippen molar-refractivity contribution < 1.29 is 0 Å². The third kappa shape index (κ3) is 2.22. The Hall–Kier alpha value is -0.560. The van der Waals surface area contributed by atoms with E-state index < -0.39 is 0 Å². The van der Waals surface area contributed by atoms with Gasteiger partial charge in [0.05, 0.1) is 5.02 Å². The highest BCUT2D eigenvalue weighted by molar-refractivity contribution is 6.31. The lowest BCUT2D eigenvalue weighted by atomic mass is 9.92. The number of nitrogens with zero attached hydrogens (tertiary/aromatic N) is 1. The first kappa shape index (κ1) is 10.5. The van der Waals surface area contributed by atoms with Gasteiger partial charge >= 0.3 is 0 Å². The van der Waals surface area contributed by atoms with Crippen LogP contribution in [0.4, 0.5) is 0 Å². The lowest BCUT2D eigenvalue weighted by molar-refractivity contribution is 0.783. The Labute approximate surface area is 85.1 Å². The second-order valence-corrected chi connectivity index (χ2v) is 4.34. The fourth-order valence-corrected chi connectivity index (χ4v) is 1.91. The van der Waals surface area contributed by atoms with Gasteiger partial charge in [-0.15, -0.1) is 0 Å². The average molecular weight is 198 g/mol. The van der Waals surface area contributed by atoms with Crippen molar-refractivity contribution in [3.8, 4) is 0 Å². The molecule has 0 atom stereocenters. The Bertz CT molecular complexity index is 292. The summed E-state index contributed by atoms with van der Waals surface area (Å²) in [5, 5.41) is 0.793. The molecular formula is C11H16ClN. The molecule has 0 bridgehead atoms. The van der Waals surface area contributed by atoms with Gasteiger partial charge in [0, 0.05) is 12.4 Å². The molecule has 0 saturated carbocycles. The minimum absolute atomic E-state index is 0.466. The fraction of sp³-hybridized carbons (Fsp3) is 0.545. The smallest absolute Gasteiger partial charge is 0.0626 e. The van der Waals surface area contributed by atoms with E-state index in [1.54, 1.807) is 6.20 Å². The summed E-state index contributed by atoms with van der Waals surface area (Å²) in [4.78, 5) is 4.12. The quantitative estimate of drug-likeness (QED) is 0.699. The topological polar surface area (TPSA) is 12.9 Å². The Balaban J connectivity index is 3.26. The highest BCUT2D eigenvalue weighted by Gasteiger charge is 2.13. The molecule has 1 aromatic rings. The molecule has 1 rings (SSSR count). The van der Waals surface area contributed by atoms with Crippen molar-refractivity contribution in [1.82, 2.24) is 4.98 Å². The average Bonchev–Trinajstić information content (AvgIpc) is 2.02. The molecule has 13 heavy (non-hydrogen) atoms. The summed E-state index contributed by atoms with van der Waals surface area (Å²) in [5.74, 6) is 0.955. The van der Waals surface area contributed by atoms with Crippen molar-refractivity contribution in [1.29, 1.82) is 0 Å². The fourth-order valence-electron chi connectivity index (χ4n) is 1.53. The highest BCUT2D eigenvalue weighted by Crippen LogP contribution is 2.30. The van der Waals surface area contributed by atoms with Crippen LogP contribution in [0.15, 0.2) is 12.4 Å². The van der Waals surface area contributed by atoms with E-state index in [-0.39, 0.29) is 0 Å². The minimum Gasteiger partial charge on any atom is -0.263 e. The number of pyridine rings is 1. The summed E-state index contributed by atoms with van der Waals surface area (Å²) in [6.45, 7) is 8.65. The predicted octanol–water partition coefficient (Wildman–Crippen LogP) is 3.98. The van der Waals surface area contributed by atoms with E-state index in [4.69, 9.17) is 11.6 Å². The van der Waals surface area contributed by atoms with Crippen LogP contribution in [-0.4, -0.2) is 4.98 Å². The number of aromatic nitrogens is 1. The summed E-state index contributed by atoms with van der Waals surface area (Å²) in [6, 6.07) is 0. The van der Waals surface area contributed by atoms with Gasteiger partial charge in [0.1, 0.15) is 0 Å². The molecule has 1 nitrogen and oxygen atoms in total. The molecule has 0 spiro atoms. The maximum Gasteiger partial charge on any atom is 0.0626 e. The Kier molecular flexibility index (Phi) is 3.32. The summed E-state index contributed by atoms with van der Waals surface area (Å²) in [5.41, 5.74) is 2.51. The van der Waals surface area contributed by atoms with Crippen LogP contribution in [0.1, 0.15) is 50.7 Å². The second-order valence-electron chi connectivity index (χ2n) is 3.93. The van der Waals surface area contributed by atoms with Crippen LogP contribution in [0.3, 0.4) is 0 Å². The van der Waals surface area contributed by atoms with E-state index in [0.717, 1.165) is 5.02 Å². The summed E-state index contributed by atoms with van der Waals surface area (Å²) in [7, 11) is 0. The van der Waals surface area contributed by atoms with Gasteiger partial charge in [-0.25, -0.2) is 0 Å². The van der Waals surface area contributed by atoms with Gasteiger partial charge in [-0.2, -0.15) is 0 Å². The third-order valence-electron chi connectivity index (χ3n) is 2.17. The van der Waals surface area contributed by atoms with E-state index in [0.29, 0.717) is 11.8 Å². The molecule has 1 heterocycles. The molecule has 0 fully saturated rings. The Morgan fingerprint density at radius 3 is 2.08 bits per heavy atom. The highest BCUT2D eigenvalue weighted by atomic mass is 35.5. The molecule has 0 N–H and O–H groups in total. The monoisotopic (exact) mass is 197 g/mol. The molecule has 0 aliphatic carbocycles. The maximum atomic E-state index is 6.11. The van der Waals surface area contributed by atoms with Gasteiger partial charge in [0.25, 0.3) is 0 Å². The zero-order valence-corrected chi connectivity index (χ0v) is 9.39. The first-order chi connectivity index (χ1) is 6.04. The van der Waals surface area contributed by atoms with Crippen LogP contribution in [0.5, 0.6) is 0 Å². The van der Waals surface area contributed by atoms with Crippen molar-refractivity contribution in [2.24, 2.45) is 0 Å². The van der Waals surface area contributed by atoms with E-state index in [1.807, 2.05) is 6.20 Å². The SMILES string of the molecule is CC(C)c1cncc(Cl)c1C(C)C. The number of hydrogen-bond acceptors (Lipinski definition) is 1. The van der Waals surface area contributed by atoms with Gasteiger partial charge in [-0.3, -0.25) is 4.98 Å². The lowest BCUT2D eigenvalue weighted by Gasteiger charge is -2.16. The first-order valence-corrected chi connectivity index (χ1v) is 5.05. The van der Waals surface area contributed by atoms with Crippen LogP contribution in [-0.2, 0) is 0 Å². The summed E-state index contributed by atoms with van der Waals surface area (Å²) in [6.07, 6.45) is 3.65. The van der Waals surface area contributed by atoms with Gasteiger partial charge in [0.15, 0.2) is 0 Å². The normalized spacial score (nSPS) is 11.3. The molecule has 2 heteroatoms. The molecule has 0 aliphatic heterocycles. The molecule has 0 amide bonds. The maximum absolute atomic E-state index is 6.11. The Morgan fingerprint density at radius 1 is 1.08 bits per heavy atom. The number of hydrogen-bond donors (Lipinski definition) is 0. The first-order valence-electron chi connectivity index (χ1n) is 4.67. The second kappa shape index (κ2) is 4.10. The molecule has 72 valence electrons. The third-order valence-corrected chi connectivity index (χ3v) is 2.47. The number of halogens is 1. The zero-order valence-electron chi connectivity index (χ0n) is 8.63. The standard InChI is InChI=1S/C11H16ClN/c1-7(2)9-5-13-6-10(12)11(9)8(3)4/h5-8H,1-4H3. The molecule has 0 radical (unpaired) electrons. The lowest BCUT2D eigenvalue weighted by Crippen LogP contribution is -2.00. The van der Waals surface area contributed by atoms with Crippen LogP contribution >= 0.6 is 11.6 Å². The molecular weight excluding hydrogens is 182 g/mol.